The Morgan fingerprint density at radius 1 is 1.50 bits per heavy atom. The smallest absolute Gasteiger partial charge is 0.222 e. The van der Waals surface area contributed by atoms with Crippen molar-refractivity contribution in [2.24, 2.45) is 7.05 Å². The van der Waals surface area contributed by atoms with E-state index in [1.54, 1.807) is 0 Å². The Morgan fingerprint density at radius 2 is 2.29 bits per heavy atom. The molecule has 3 heterocycles. The van der Waals surface area contributed by atoms with Crippen LogP contribution in [0.5, 0.6) is 0 Å². The lowest BCUT2D eigenvalue weighted by atomic mass is 10.1. The summed E-state index contributed by atoms with van der Waals surface area (Å²) in [6.07, 6.45) is 5.69. The van der Waals surface area contributed by atoms with Gasteiger partial charge < -0.3 is 5.32 Å². The molecule has 4 nitrogen and oxygen atoms in total. The predicted molar refractivity (Wildman–Crippen MR) is 95.1 cm³/mol. The highest BCUT2D eigenvalue weighted by Gasteiger charge is 2.22. The third kappa shape index (κ3) is 3.14. The lowest BCUT2D eigenvalue weighted by molar-refractivity contribution is 0.103. The number of carbonyl (C=O) groups is 1. The van der Waals surface area contributed by atoms with E-state index >= 15 is 0 Å². The minimum atomic E-state index is -0.328. The van der Waals surface area contributed by atoms with Crippen molar-refractivity contribution in [3.8, 4) is 0 Å². The van der Waals surface area contributed by atoms with Crippen LogP contribution in [-0.2, 0) is 19.9 Å². The maximum Gasteiger partial charge on any atom is 0.222 e. The lowest BCUT2D eigenvalue weighted by Crippen LogP contribution is -2.20. The molecule has 0 radical (unpaired) electrons. The summed E-state index contributed by atoms with van der Waals surface area (Å²) in [5, 5.41) is 6.26. The number of hydrogen-bond donors (Lipinski definition) is 2. The molecule has 0 atom stereocenters. The number of aryl methyl sites for hydroxylation is 1. The number of fused-ring (bicyclic) bond motifs is 1. The van der Waals surface area contributed by atoms with E-state index in [2.05, 4.69) is 17.0 Å². The van der Waals surface area contributed by atoms with E-state index in [9.17, 15) is 9.18 Å². The van der Waals surface area contributed by atoms with Gasteiger partial charge in [0, 0.05) is 30.6 Å². The van der Waals surface area contributed by atoms with Gasteiger partial charge in [-0.25, -0.2) is 4.39 Å². The number of rotatable bonds is 4. The van der Waals surface area contributed by atoms with Crippen LogP contribution in [0.1, 0.15) is 31.5 Å². The molecular weight excluding hydrogens is 325 g/mol. The molecule has 0 aliphatic carbocycles. The van der Waals surface area contributed by atoms with E-state index in [1.807, 2.05) is 24.7 Å². The van der Waals surface area contributed by atoms with Gasteiger partial charge in [0.2, 0.25) is 5.78 Å². The third-order valence-electron chi connectivity index (χ3n) is 4.18. The normalized spacial score (nSPS) is 16.6. The molecule has 0 spiro atoms. The molecule has 2 aromatic heterocycles. The molecule has 3 rings (SSSR count). The van der Waals surface area contributed by atoms with E-state index in [0.29, 0.717) is 12.1 Å². The van der Waals surface area contributed by atoms with E-state index in [4.69, 9.17) is 0 Å². The number of halogens is 1. The molecule has 1 aliphatic heterocycles. The molecular formula is C18H20FN3OS. The first-order valence-electron chi connectivity index (χ1n) is 7.79. The minimum Gasteiger partial charge on any atom is -0.388 e. The molecule has 0 saturated carbocycles. The van der Waals surface area contributed by atoms with E-state index in [1.165, 1.54) is 35.1 Å². The molecule has 2 aromatic rings. The summed E-state index contributed by atoms with van der Waals surface area (Å²) >= 11 is 1.50. The van der Waals surface area contributed by atoms with Crippen LogP contribution in [0.3, 0.4) is 0 Å². The van der Waals surface area contributed by atoms with Crippen LogP contribution < -0.4 is 5.32 Å². The van der Waals surface area contributed by atoms with Gasteiger partial charge in [0.05, 0.1) is 10.6 Å². The first kappa shape index (κ1) is 16.5. The van der Waals surface area contributed by atoms with Gasteiger partial charge in [-0.1, -0.05) is 12.7 Å². The van der Waals surface area contributed by atoms with E-state index in [-0.39, 0.29) is 11.6 Å². The van der Waals surface area contributed by atoms with Crippen LogP contribution in [0, 0.1) is 6.92 Å². The third-order valence-corrected chi connectivity index (χ3v) is 5.35. The number of thiophene rings is 1. The number of nitrogens with one attached hydrogen (secondary N) is 2. The first-order valence-corrected chi connectivity index (χ1v) is 8.61. The first-order chi connectivity index (χ1) is 11.5. The number of ketones is 1. The van der Waals surface area contributed by atoms with Crippen LogP contribution in [0.15, 0.2) is 42.4 Å². The summed E-state index contributed by atoms with van der Waals surface area (Å²) in [4.78, 5) is 14.4. The molecule has 0 amide bonds. The standard InChI is InChI=1S/C18H20FN3OS/c1-4-5-13(19)9-14-10-15-12(6-7-20-14)8-16(24-15)18(23)17-11(2)22(3)21-17/h4-5,8-9,20-21H,1,6-7,10H2,2-3H3/b13-5+,14-9+. The average molecular weight is 345 g/mol. The molecule has 0 aromatic carbocycles. The average Bonchev–Trinajstić information content (AvgIpc) is 2.85. The summed E-state index contributed by atoms with van der Waals surface area (Å²) in [5.41, 5.74) is 3.59. The SMILES string of the molecule is C=C/C=C(F)\C=C1/Cc2sc(C(=O)c3[nH]n(C)c3C)cc2CCN1. The fourth-order valence-electron chi connectivity index (χ4n) is 2.75. The number of hydrogen-bond acceptors (Lipinski definition) is 3. The van der Waals surface area contributed by atoms with Crippen molar-refractivity contribution < 1.29 is 9.18 Å². The topological polar surface area (TPSA) is 49.8 Å². The zero-order valence-electron chi connectivity index (χ0n) is 13.8. The molecule has 126 valence electrons. The Morgan fingerprint density at radius 3 is 2.96 bits per heavy atom. The van der Waals surface area contributed by atoms with Crippen molar-refractivity contribution in [2.45, 2.75) is 19.8 Å². The van der Waals surface area contributed by atoms with Crippen LogP contribution in [0.25, 0.3) is 0 Å². The van der Waals surface area contributed by atoms with Gasteiger partial charge in [0.25, 0.3) is 0 Å². The van der Waals surface area contributed by atoms with Crippen molar-refractivity contribution in [1.29, 1.82) is 0 Å². The van der Waals surface area contributed by atoms with E-state index < -0.39 is 0 Å². The maximum atomic E-state index is 13.7. The molecule has 6 heteroatoms. The monoisotopic (exact) mass is 345 g/mol. The number of carbonyl (C=O) groups excluding carboxylic acids is 1. The summed E-state index contributed by atoms with van der Waals surface area (Å²) < 4.78 is 15.5. The van der Waals surface area contributed by atoms with Gasteiger partial charge in [-0.15, -0.1) is 11.3 Å². The Labute approximate surface area is 144 Å². The van der Waals surface area contributed by atoms with Crippen LogP contribution >= 0.6 is 11.3 Å². The Bertz CT molecular complexity index is 850. The summed E-state index contributed by atoms with van der Waals surface area (Å²) in [6, 6.07) is 1.98. The van der Waals surface area contributed by atoms with Gasteiger partial charge in [0.15, 0.2) is 0 Å². The molecule has 24 heavy (non-hydrogen) atoms. The van der Waals surface area contributed by atoms with Gasteiger partial charge in [-0.3, -0.25) is 14.6 Å². The lowest BCUT2D eigenvalue weighted by Gasteiger charge is -2.15. The maximum absolute atomic E-state index is 13.7. The highest BCUT2D eigenvalue weighted by molar-refractivity contribution is 7.14. The zero-order chi connectivity index (χ0) is 17.3. The van der Waals surface area contributed by atoms with Crippen molar-refractivity contribution in [3.05, 3.63) is 69.1 Å². The highest BCUT2D eigenvalue weighted by Crippen LogP contribution is 2.29. The number of allylic oxidation sites excluding steroid dienone is 5. The molecule has 0 unspecified atom stereocenters. The number of aromatic nitrogens is 2. The number of aromatic amines is 1. The molecule has 0 bridgehead atoms. The largest absolute Gasteiger partial charge is 0.388 e. The van der Waals surface area contributed by atoms with E-state index in [0.717, 1.165) is 34.1 Å². The van der Waals surface area contributed by atoms with Gasteiger partial charge in [-0.05, 0) is 37.1 Å². The Balaban J connectivity index is 1.85. The second-order valence-corrected chi connectivity index (χ2v) is 6.97. The molecule has 0 fully saturated rings. The zero-order valence-corrected chi connectivity index (χ0v) is 14.6. The fraction of sp³-hybridized carbons (Fsp3) is 0.278. The fourth-order valence-corrected chi connectivity index (χ4v) is 3.93. The van der Waals surface area contributed by atoms with Gasteiger partial charge >= 0.3 is 0 Å². The minimum absolute atomic E-state index is 0.0277. The summed E-state index contributed by atoms with van der Waals surface area (Å²) in [5.74, 6) is -0.300. The second-order valence-electron chi connectivity index (χ2n) is 5.83. The molecule has 1 aliphatic rings. The van der Waals surface area contributed by atoms with Gasteiger partial charge in [-0.2, -0.15) is 0 Å². The summed E-state index contributed by atoms with van der Waals surface area (Å²) in [6.45, 7) is 6.15. The van der Waals surface area contributed by atoms with Crippen molar-refractivity contribution in [2.75, 3.05) is 6.54 Å². The number of H-pyrrole nitrogens is 1. The highest BCUT2D eigenvalue weighted by atomic mass is 32.1. The summed E-state index contributed by atoms with van der Waals surface area (Å²) in [7, 11) is 1.88. The van der Waals surface area contributed by atoms with Crippen molar-refractivity contribution in [3.63, 3.8) is 0 Å². The van der Waals surface area contributed by atoms with Crippen LogP contribution in [-0.4, -0.2) is 22.1 Å². The van der Waals surface area contributed by atoms with Crippen molar-refractivity contribution in [1.82, 2.24) is 15.1 Å². The number of nitrogens with zero attached hydrogens (tertiary/aromatic N) is 1. The van der Waals surface area contributed by atoms with Gasteiger partial charge in [0.1, 0.15) is 11.5 Å². The predicted octanol–water partition coefficient (Wildman–Crippen LogP) is 3.57. The van der Waals surface area contributed by atoms with Crippen LogP contribution in [0.2, 0.25) is 0 Å². The van der Waals surface area contributed by atoms with Crippen LogP contribution in [0.4, 0.5) is 4.39 Å². The molecule has 2 N–H and O–H groups in total. The quantitative estimate of drug-likeness (QED) is 0.657. The molecule has 0 saturated heterocycles. The van der Waals surface area contributed by atoms with Crippen molar-refractivity contribution >= 4 is 17.1 Å². The second kappa shape index (κ2) is 6.65. The Kier molecular flexibility index (Phi) is 4.57. The Hall–Kier alpha value is -2.34.